The van der Waals surface area contributed by atoms with Gasteiger partial charge in [0.05, 0.1) is 16.7 Å². The van der Waals surface area contributed by atoms with Gasteiger partial charge in [0, 0.05) is 6.07 Å². The fourth-order valence-corrected chi connectivity index (χ4v) is 3.12. The maximum absolute atomic E-state index is 12.0. The van der Waals surface area contributed by atoms with Crippen LogP contribution in [0.15, 0.2) is 12.1 Å². The van der Waals surface area contributed by atoms with Gasteiger partial charge in [-0.05, 0) is 37.3 Å². The van der Waals surface area contributed by atoms with Crippen LogP contribution in [0.4, 0.5) is 11.4 Å². The van der Waals surface area contributed by atoms with Crippen molar-refractivity contribution in [1.29, 1.82) is 0 Å². The predicted molar refractivity (Wildman–Crippen MR) is 88.8 cm³/mol. The van der Waals surface area contributed by atoms with Gasteiger partial charge < -0.3 is 10.1 Å². The van der Waals surface area contributed by atoms with Crippen molar-refractivity contribution in [3.8, 4) is 0 Å². The summed E-state index contributed by atoms with van der Waals surface area (Å²) >= 11 is 5.83. The lowest BCUT2D eigenvalue weighted by atomic mass is 9.88. The number of nitrogens with zero attached hydrogens (tertiary/aromatic N) is 1. The monoisotopic (exact) mass is 340 g/mol. The summed E-state index contributed by atoms with van der Waals surface area (Å²) < 4.78 is 5.70. The molecular formula is C16H21ClN2O4. The molecule has 6 nitrogen and oxygen atoms in total. The summed E-state index contributed by atoms with van der Waals surface area (Å²) in [5.41, 5.74) is 0.820. The first-order valence-corrected chi connectivity index (χ1v) is 8.12. The first-order chi connectivity index (χ1) is 10.9. The third-order valence-corrected chi connectivity index (χ3v) is 4.53. The lowest BCUT2D eigenvalue weighted by Gasteiger charge is -2.28. The summed E-state index contributed by atoms with van der Waals surface area (Å²) in [4.78, 5) is 22.4. The van der Waals surface area contributed by atoms with Gasteiger partial charge in [-0.2, -0.15) is 0 Å². The van der Waals surface area contributed by atoms with E-state index < -0.39 is 4.92 Å². The second kappa shape index (κ2) is 7.75. The normalized spacial score (nSPS) is 21.0. The average Bonchev–Trinajstić information content (AvgIpc) is 2.49. The van der Waals surface area contributed by atoms with Gasteiger partial charge in [0.15, 0.2) is 0 Å². The number of anilines is 1. The molecule has 2 rings (SSSR count). The summed E-state index contributed by atoms with van der Waals surface area (Å²) in [6, 6.07) is 2.75. The van der Waals surface area contributed by atoms with E-state index in [9.17, 15) is 14.9 Å². The molecule has 0 aliphatic heterocycles. The van der Waals surface area contributed by atoms with Gasteiger partial charge in [-0.25, -0.2) is 0 Å². The second-order valence-electron chi connectivity index (χ2n) is 6.04. The largest absolute Gasteiger partial charge is 0.368 e. The molecule has 0 aromatic heterocycles. The number of hydrogen-bond acceptors (Lipinski definition) is 4. The Kier molecular flexibility index (Phi) is 5.96. The maximum Gasteiger partial charge on any atom is 0.289 e. The first-order valence-electron chi connectivity index (χ1n) is 7.74. The molecule has 1 aromatic rings. The van der Waals surface area contributed by atoms with Gasteiger partial charge >= 0.3 is 0 Å². The van der Waals surface area contributed by atoms with Crippen molar-refractivity contribution in [2.24, 2.45) is 5.92 Å². The third-order valence-electron chi connectivity index (χ3n) is 4.23. The number of ether oxygens (including phenoxy) is 1. The molecule has 1 saturated carbocycles. The Labute approximate surface area is 140 Å². The van der Waals surface area contributed by atoms with E-state index in [-0.39, 0.29) is 29.3 Å². The highest BCUT2D eigenvalue weighted by Gasteiger charge is 2.23. The van der Waals surface area contributed by atoms with Crippen LogP contribution in [0.1, 0.15) is 38.2 Å². The zero-order chi connectivity index (χ0) is 17.0. The summed E-state index contributed by atoms with van der Waals surface area (Å²) in [5, 5.41) is 13.6. The van der Waals surface area contributed by atoms with Crippen LogP contribution in [0.25, 0.3) is 0 Å². The van der Waals surface area contributed by atoms with Crippen molar-refractivity contribution in [2.75, 3.05) is 11.9 Å². The fraction of sp³-hybridized carbons (Fsp3) is 0.562. The standard InChI is InChI=1S/C16H21ClN2O4/c1-10-5-3-4-6-15(10)23-9-16(20)18-13-8-14(19(21)22)12(17)7-11(13)2/h7-8,10,15H,3-6,9H2,1-2H3,(H,18,20)/t10-,15+/m1/s1. The van der Waals surface area contributed by atoms with Gasteiger partial charge in [0.2, 0.25) is 5.91 Å². The zero-order valence-corrected chi connectivity index (χ0v) is 14.1. The number of amides is 1. The number of aryl methyl sites for hydroxylation is 1. The number of nitro groups is 1. The minimum atomic E-state index is -0.572. The van der Waals surface area contributed by atoms with Crippen molar-refractivity contribution in [3.63, 3.8) is 0 Å². The van der Waals surface area contributed by atoms with Gasteiger partial charge in [0.1, 0.15) is 11.6 Å². The number of benzene rings is 1. The van der Waals surface area contributed by atoms with Crippen LogP contribution in [-0.4, -0.2) is 23.5 Å². The first kappa shape index (κ1) is 17.7. The highest BCUT2D eigenvalue weighted by atomic mass is 35.5. The number of hydrogen-bond donors (Lipinski definition) is 1. The molecule has 0 unspecified atom stereocenters. The molecule has 0 heterocycles. The maximum atomic E-state index is 12.0. The van der Waals surface area contributed by atoms with Crippen LogP contribution in [0.2, 0.25) is 5.02 Å². The number of halogens is 1. The van der Waals surface area contributed by atoms with E-state index in [2.05, 4.69) is 12.2 Å². The molecule has 1 aliphatic carbocycles. The Morgan fingerprint density at radius 2 is 2.13 bits per heavy atom. The topological polar surface area (TPSA) is 81.5 Å². The van der Waals surface area contributed by atoms with Crippen LogP contribution < -0.4 is 5.32 Å². The second-order valence-corrected chi connectivity index (χ2v) is 6.44. The molecule has 0 saturated heterocycles. The Bertz CT molecular complexity index is 606. The molecule has 7 heteroatoms. The number of carbonyl (C=O) groups is 1. The Morgan fingerprint density at radius 1 is 1.43 bits per heavy atom. The quantitative estimate of drug-likeness (QED) is 0.646. The minimum Gasteiger partial charge on any atom is -0.368 e. The SMILES string of the molecule is Cc1cc(Cl)c([N+](=O)[O-])cc1NC(=O)CO[C@H]1CCCC[C@H]1C. The van der Waals surface area contributed by atoms with Crippen molar-refractivity contribution in [3.05, 3.63) is 32.8 Å². The zero-order valence-electron chi connectivity index (χ0n) is 13.3. The Morgan fingerprint density at radius 3 is 2.78 bits per heavy atom. The highest BCUT2D eigenvalue weighted by molar-refractivity contribution is 6.32. The Balaban J connectivity index is 1.97. The van der Waals surface area contributed by atoms with E-state index in [1.165, 1.54) is 18.6 Å². The molecule has 1 amide bonds. The minimum absolute atomic E-state index is 0.0507. The lowest BCUT2D eigenvalue weighted by molar-refractivity contribution is -0.384. The van der Waals surface area contributed by atoms with Crippen molar-refractivity contribution >= 4 is 28.9 Å². The van der Waals surface area contributed by atoms with E-state index in [1.54, 1.807) is 6.92 Å². The number of rotatable bonds is 5. The summed E-state index contributed by atoms with van der Waals surface area (Å²) in [7, 11) is 0. The molecule has 0 bridgehead atoms. The lowest BCUT2D eigenvalue weighted by Crippen LogP contribution is -2.29. The molecule has 0 spiro atoms. The molecular weight excluding hydrogens is 320 g/mol. The predicted octanol–water partition coefficient (Wildman–Crippen LogP) is 4.09. The van der Waals surface area contributed by atoms with Crippen LogP contribution >= 0.6 is 11.6 Å². The van der Waals surface area contributed by atoms with Crippen molar-refractivity contribution in [2.45, 2.75) is 45.6 Å². The van der Waals surface area contributed by atoms with Crippen molar-refractivity contribution < 1.29 is 14.5 Å². The van der Waals surface area contributed by atoms with Gasteiger partial charge in [-0.15, -0.1) is 0 Å². The van der Waals surface area contributed by atoms with E-state index in [1.807, 2.05) is 0 Å². The molecule has 0 radical (unpaired) electrons. The molecule has 1 fully saturated rings. The number of nitro benzene ring substituents is 1. The highest BCUT2D eigenvalue weighted by Crippen LogP contribution is 2.31. The average molecular weight is 341 g/mol. The Hall–Kier alpha value is -1.66. The smallest absolute Gasteiger partial charge is 0.289 e. The molecule has 1 N–H and O–H groups in total. The third kappa shape index (κ3) is 4.65. The molecule has 2 atom stereocenters. The van der Waals surface area contributed by atoms with Crippen LogP contribution in [-0.2, 0) is 9.53 Å². The van der Waals surface area contributed by atoms with Gasteiger partial charge in [0.25, 0.3) is 5.69 Å². The summed E-state index contributed by atoms with van der Waals surface area (Å²) in [6.07, 6.45) is 4.53. The van der Waals surface area contributed by atoms with E-state index >= 15 is 0 Å². The van der Waals surface area contributed by atoms with Crippen LogP contribution in [0, 0.1) is 23.0 Å². The molecule has 1 aliphatic rings. The van der Waals surface area contributed by atoms with Gasteiger partial charge in [-0.3, -0.25) is 14.9 Å². The molecule has 23 heavy (non-hydrogen) atoms. The van der Waals surface area contributed by atoms with Crippen LogP contribution in [0.5, 0.6) is 0 Å². The van der Waals surface area contributed by atoms with E-state index in [0.29, 0.717) is 17.2 Å². The summed E-state index contributed by atoms with van der Waals surface area (Å²) in [6.45, 7) is 3.81. The molecule has 126 valence electrons. The van der Waals surface area contributed by atoms with E-state index in [4.69, 9.17) is 16.3 Å². The fourth-order valence-electron chi connectivity index (χ4n) is 2.83. The van der Waals surface area contributed by atoms with Crippen molar-refractivity contribution in [1.82, 2.24) is 0 Å². The van der Waals surface area contributed by atoms with Gasteiger partial charge in [-0.1, -0.05) is 31.4 Å². The van der Waals surface area contributed by atoms with E-state index in [0.717, 1.165) is 19.3 Å². The summed E-state index contributed by atoms with van der Waals surface area (Å²) in [5.74, 6) is 0.136. The van der Waals surface area contributed by atoms with Crippen LogP contribution in [0.3, 0.4) is 0 Å². The molecule has 1 aromatic carbocycles. The number of carbonyl (C=O) groups excluding carboxylic acids is 1. The number of nitrogens with one attached hydrogen (secondary N) is 1.